The largest absolute Gasteiger partial charge is 0.351 e. The number of carbonyl (C=O) groups excluding carboxylic acids is 2. The van der Waals surface area contributed by atoms with Crippen LogP contribution in [0, 0.1) is 5.92 Å². The lowest BCUT2D eigenvalue weighted by molar-refractivity contribution is -0.125. The van der Waals surface area contributed by atoms with Crippen LogP contribution < -0.4 is 16.8 Å². The standard InChI is InChI=1S/C7H13N3O2/c1-7(9,4-2-3-4)5(11)10-6(8)12/h4H,2-3,9H2,1H3,(H3,8,10,11,12). The van der Waals surface area contributed by atoms with Gasteiger partial charge in [0.2, 0.25) is 5.91 Å². The Hall–Kier alpha value is -1.10. The van der Waals surface area contributed by atoms with E-state index in [1.54, 1.807) is 6.92 Å². The molecule has 0 spiro atoms. The fourth-order valence-electron chi connectivity index (χ4n) is 1.11. The first-order chi connectivity index (χ1) is 5.44. The first kappa shape index (κ1) is 8.99. The van der Waals surface area contributed by atoms with Gasteiger partial charge >= 0.3 is 6.03 Å². The van der Waals surface area contributed by atoms with Crippen molar-refractivity contribution in [3.05, 3.63) is 0 Å². The van der Waals surface area contributed by atoms with Crippen molar-refractivity contribution in [3.63, 3.8) is 0 Å². The average molecular weight is 171 g/mol. The molecule has 0 aromatic carbocycles. The number of primary amides is 1. The second-order valence-corrected chi connectivity index (χ2v) is 3.38. The van der Waals surface area contributed by atoms with Crippen molar-refractivity contribution >= 4 is 11.9 Å². The predicted octanol–water partition coefficient (Wildman–Crippen LogP) is -0.691. The molecule has 0 heterocycles. The highest BCUT2D eigenvalue weighted by Crippen LogP contribution is 2.37. The van der Waals surface area contributed by atoms with Gasteiger partial charge in [-0.05, 0) is 25.7 Å². The molecule has 0 saturated heterocycles. The summed E-state index contributed by atoms with van der Waals surface area (Å²) in [5.74, 6) is -0.297. The van der Waals surface area contributed by atoms with Gasteiger partial charge in [0.05, 0.1) is 5.54 Å². The minimum absolute atomic E-state index is 0.192. The average Bonchev–Trinajstić information content (AvgIpc) is 2.65. The molecule has 1 aliphatic carbocycles. The molecule has 5 nitrogen and oxygen atoms in total. The van der Waals surface area contributed by atoms with Crippen molar-refractivity contribution in [2.75, 3.05) is 0 Å². The molecule has 1 atom stereocenters. The highest BCUT2D eigenvalue weighted by atomic mass is 16.2. The molecule has 0 aromatic rings. The zero-order valence-electron chi connectivity index (χ0n) is 6.96. The molecule has 0 aliphatic heterocycles. The predicted molar refractivity (Wildman–Crippen MR) is 43.0 cm³/mol. The Balaban J connectivity index is 2.54. The molecular formula is C7H13N3O2. The van der Waals surface area contributed by atoms with Crippen molar-refractivity contribution < 1.29 is 9.59 Å². The molecule has 3 amide bonds. The smallest absolute Gasteiger partial charge is 0.318 e. The van der Waals surface area contributed by atoms with E-state index in [0.717, 1.165) is 12.8 Å². The summed E-state index contributed by atoms with van der Waals surface area (Å²) in [6.45, 7) is 1.61. The van der Waals surface area contributed by atoms with Crippen molar-refractivity contribution in [1.29, 1.82) is 0 Å². The van der Waals surface area contributed by atoms with Crippen molar-refractivity contribution in [1.82, 2.24) is 5.32 Å². The Kier molecular flexibility index (Phi) is 2.06. The third kappa shape index (κ3) is 1.73. The summed E-state index contributed by atoms with van der Waals surface area (Å²) in [7, 11) is 0. The van der Waals surface area contributed by atoms with Crippen LogP contribution in [0.1, 0.15) is 19.8 Å². The van der Waals surface area contributed by atoms with E-state index >= 15 is 0 Å². The van der Waals surface area contributed by atoms with E-state index < -0.39 is 17.5 Å². The van der Waals surface area contributed by atoms with Gasteiger partial charge in [-0.25, -0.2) is 4.79 Å². The number of amides is 3. The van der Waals surface area contributed by atoms with Crippen LogP contribution in [-0.2, 0) is 4.79 Å². The Morgan fingerprint density at radius 3 is 2.33 bits per heavy atom. The van der Waals surface area contributed by atoms with Gasteiger partial charge in [0.1, 0.15) is 0 Å². The lowest BCUT2D eigenvalue weighted by Gasteiger charge is -2.21. The van der Waals surface area contributed by atoms with E-state index in [1.165, 1.54) is 0 Å². The highest BCUT2D eigenvalue weighted by Gasteiger charge is 2.44. The number of urea groups is 1. The van der Waals surface area contributed by atoms with Gasteiger partial charge in [0.25, 0.3) is 0 Å². The van der Waals surface area contributed by atoms with E-state index in [2.05, 4.69) is 0 Å². The fraction of sp³-hybridized carbons (Fsp3) is 0.714. The second-order valence-electron chi connectivity index (χ2n) is 3.38. The minimum atomic E-state index is -0.949. The maximum atomic E-state index is 11.2. The maximum Gasteiger partial charge on any atom is 0.318 e. The van der Waals surface area contributed by atoms with Gasteiger partial charge in [-0.1, -0.05) is 0 Å². The summed E-state index contributed by atoms with van der Waals surface area (Å²) in [6, 6.07) is -0.850. The van der Waals surface area contributed by atoms with Crippen LogP contribution in [0.25, 0.3) is 0 Å². The molecule has 1 unspecified atom stereocenters. The number of hydrogen-bond acceptors (Lipinski definition) is 3. The Morgan fingerprint density at radius 1 is 1.50 bits per heavy atom. The van der Waals surface area contributed by atoms with Crippen LogP contribution in [0.2, 0.25) is 0 Å². The maximum absolute atomic E-state index is 11.2. The van der Waals surface area contributed by atoms with E-state index in [1.807, 2.05) is 5.32 Å². The Morgan fingerprint density at radius 2 is 2.00 bits per heavy atom. The summed E-state index contributed by atoms with van der Waals surface area (Å²) >= 11 is 0. The molecule has 0 bridgehead atoms. The molecule has 1 saturated carbocycles. The van der Waals surface area contributed by atoms with Crippen LogP contribution in [0.5, 0.6) is 0 Å². The summed E-state index contributed by atoms with van der Waals surface area (Å²) in [5.41, 5.74) is 9.53. The van der Waals surface area contributed by atoms with Gasteiger partial charge in [-0.3, -0.25) is 10.1 Å². The summed E-state index contributed by atoms with van der Waals surface area (Å²) in [5, 5.41) is 1.98. The zero-order valence-corrected chi connectivity index (χ0v) is 6.96. The van der Waals surface area contributed by atoms with E-state index in [-0.39, 0.29) is 5.92 Å². The third-order valence-corrected chi connectivity index (χ3v) is 2.15. The molecule has 68 valence electrons. The fourth-order valence-corrected chi connectivity index (χ4v) is 1.11. The normalized spacial score (nSPS) is 21.2. The number of nitrogens with one attached hydrogen (secondary N) is 1. The Labute approximate surface area is 70.5 Å². The van der Waals surface area contributed by atoms with Crippen LogP contribution in [0.15, 0.2) is 0 Å². The number of imide groups is 1. The van der Waals surface area contributed by atoms with Crippen LogP contribution in [-0.4, -0.2) is 17.5 Å². The SMILES string of the molecule is CC(N)(C(=O)NC(N)=O)C1CC1. The van der Waals surface area contributed by atoms with Crippen molar-refractivity contribution in [2.24, 2.45) is 17.4 Å². The monoisotopic (exact) mass is 171 g/mol. The van der Waals surface area contributed by atoms with Gasteiger partial charge in [-0.2, -0.15) is 0 Å². The number of carbonyl (C=O) groups is 2. The molecular weight excluding hydrogens is 158 g/mol. The van der Waals surface area contributed by atoms with Gasteiger partial charge in [0, 0.05) is 0 Å². The van der Waals surface area contributed by atoms with Crippen LogP contribution in [0.3, 0.4) is 0 Å². The lowest BCUT2D eigenvalue weighted by Crippen LogP contribution is -2.55. The van der Waals surface area contributed by atoms with Crippen molar-refractivity contribution in [3.8, 4) is 0 Å². The molecule has 5 heteroatoms. The lowest BCUT2D eigenvalue weighted by atomic mass is 9.96. The van der Waals surface area contributed by atoms with Crippen LogP contribution in [0.4, 0.5) is 4.79 Å². The Bertz CT molecular complexity index is 221. The van der Waals surface area contributed by atoms with E-state index in [0.29, 0.717) is 0 Å². The van der Waals surface area contributed by atoms with Crippen LogP contribution >= 0.6 is 0 Å². The molecule has 1 fully saturated rings. The zero-order chi connectivity index (χ0) is 9.35. The highest BCUT2D eigenvalue weighted by molar-refractivity contribution is 5.98. The van der Waals surface area contributed by atoms with Gasteiger partial charge in [-0.15, -0.1) is 0 Å². The van der Waals surface area contributed by atoms with Crippen molar-refractivity contribution in [2.45, 2.75) is 25.3 Å². The van der Waals surface area contributed by atoms with Gasteiger partial charge < -0.3 is 11.5 Å². The summed E-state index contributed by atoms with van der Waals surface area (Å²) < 4.78 is 0. The quantitative estimate of drug-likeness (QED) is 0.512. The molecule has 0 radical (unpaired) electrons. The second kappa shape index (κ2) is 2.75. The molecule has 5 N–H and O–H groups in total. The topological polar surface area (TPSA) is 98.2 Å². The molecule has 1 aliphatic rings. The van der Waals surface area contributed by atoms with Gasteiger partial charge in [0.15, 0.2) is 0 Å². The van der Waals surface area contributed by atoms with E-state index in [9.17, 15) is 9.59 Å². The number of hydrogen-bond donors (Lipinski definition) is 3. The molecule has 12 heavy (non-hydrogen) atoms. The summed E-state index contributed by atoms with van der Waals surface area (Å²) in [6.07, 6.45) is 1.89. The number of rotatable bonds is 2. The number of nitrogens with two attached hydrogens (primary N) is 2. The molecule has 1 rings (SSSR count). The molecule has 0 aromatic heterocycles. The minimum Gasteiger partial charge on any atom is -0.351 e. The first-order valence-electron chi connectivity index (χ1n) is 3.84. The van der Waals surface area contributed by atoms with E-state index in [4.69, 9.17) is 11.5 Å². The summed E-state index contributed by atoms with van der Waals surface area (Å²) in [4.78, 5) is 21.6. The third-order valence-electron chi connectivity index (χ3n) is 2.15. The first-order valence-corrected chi connectivity index (χ1v) is 3.84.